The van der Waals surface area contributed by atoms with E-state index < -0.39 is 13.4 Å². The van der Waals surface area contributed by atoms with Gasteiger partial charge in [-0.3, -0.25) is 4.57 Å². The molecule has 0 bridgehead atoms. The van der Waals surface area contributed by atoms with Gasteiger partial charge in [-0.1, -0.05) is 22.0 Å². The van der Waals surface area contributed by atoms with Crippen molar-refractivity contribution in [2.24, 2.45) is 0 Å². The lowest BCUT2D eigenvalue weighted by atomic mass is 10.1. The molecule has 0 aliphatic heterocycles. The number of benzene rings is 3. The molecule has 4 rings (SSSR count). The molecule has 0 saturated heterocycles. The Morgan fingerprint density at radius 3 is 2.18 bits per heavy atom. The number of hydrogen-bond acceptors (Lipinski definition) is 5. The van der Waals surface area contributed by atoms with Gasteiger partial charge in [-0.05, 0) is 80.9 Å². The molecule has 0 aliphatic carbocycles. The lowest BCUT2D eigenvalue weighted by Gasteiger charge is -2.28. The van der Waals surface area contributed by atoms with Crippen LogP contribution in [-0.2, 0) is 20.2 Å². The molecule has 0 spiro atoms. The van der Waals surface area contributed by atoms with Gasteiger partial charge in [-0.2, -0.15) is 5.26 Å². The minimum absolute atomic E-state index is 0.257. The minimum Gasteiger partial charge on any atom is -0.368 e. The lowest BCUT2D eigenvalue weighted by molar-refractivity contribution is 0.214. The zero-order valence-corrected chi connectivity index (χ0v) is 21.9. The predicted molar refractivity (Wildman–Crippen MR) is 141 cm³/mol. The SMILES string of the molecule is CCOP(=O)(OCC)C(Nc1ccc(C#N)cc1)c1ccc2c(c1)c1cc(Br)ccc1n2CC. The molecular weight excluding hydrogens is 513 g/mol. The van der Waals surface area contributed by atoms with E-state index >= 15 is 0 Å². The van der Waals surface area contributed by atoms with Crippen LogP contribution in [0.1, 0.15) is 37.7 Å². The van der Waals surface area contributed by atoms with E-state index in [9.17, 15) is 4.57 Å². The third-order valence-corrected chi connectivity index (χ3v) is 8.52. The topological polar surface area (TPSA) is 76.3 Å². The zero-order valence-electron chi connectivity index (χ0n) is 19.4. The Balaban J connectivity index is 1.89. The third kappa shape index (κ3) is 4.64. The van der Waals surface area contributed by atoms with Crippen molar-refractivity contribution < 1.29 is 13.6 Å². The molecule has 8 heteroatoms. The highest BCUT2D eigenvalue weighted by Crippen LogP contribution is 2.61. The summed E-state index contributed by atoms with van der Waals surface area (Å²) >= 11 is 3.60. The number of hydrogen-bond donors (Lipinski definition) is 1. The van der Waals surface area contributed by atoms with Gasteiger partial charge in [0.1, 0.15) is 0 Å². The van der Waals surface area contributed by atoms with Crippen molar-refractivity contribution in [3.8, 4) is 6.07 Å². The van der Waals surface area contributed by atoms with Crippen molar-refractivity contribution in [3.05, 3.63) is 76.3 Å². The zero-order chi connectivity index (χ0) is 24.3. The smallest absolute Gasteiger partial charge is 0.357 e. The molecule has 34 heavy (non-hydrogen) atoms. The first-order chi connectivity index (χ1) is 16.4. The van der Waals surface area contributed by atoms with Crippen LogP contribution in [0.2, 0.25) is 0 Å². The molecule has 0 fully saturated rings. The average Bonchev–Trinajstić information content (AvgIpc) is 3.15. The van der Waals surface area contributed by atoms with Crippen molar-refractivity contribution in [2.45, 2.75) is 33.1 Å². The molecule has 176 valence electrons. The van der Waals surface area contributed by atoms with E-state index in [4.69, 9.17) is 14.3 Å². The summed E-state index contributed by atoms with van der Waals surface area (Å²) in [5, 5.41) is 14.7. The minimum atomic E-state index is -3.58. The van der Waals surface area contributed by atoms with Crippen LogP contribution < -0.4 is 5.32 Å². The van der Waals surface area contributed by atoms with Crippen LogP contribution in [0.5, 0.6) is 0 Å². The molecule has 3 aromatic carbocycles. The number of nitrogens with zero attached hydrogens (tertiary/aromatic N) is 2. The van der Waals surface area contributed by atoms with Crippen molar-refractivity contribution in [2.75, 3.05) is 18.5 Å². The molecular formula is C26H27BrN3O3P. The Hall–Kier alpha value is -2.62. The van der Waals surface area contributed by atoms with Gasteiger partial charge in [0.2, 0.25) is 0 Å². The maximum Gasteiger partial charge on any atom is 0.357 e. The monoisotopic (exact) mass is 539 g/mol. The van der Waals surface area contributed by atoms with Gasteiger partial charge in [0.25, 0.3) is 0 Å². The highest BCUT2D eigenvalue weighted by molar-refractivity contribution is 9.10. The second kappa shape index (κ2) is 10.3. The number of anilines is 1. The summed E-state index contributed by atoms with van der Waals surface area (Å²) in [7, 11) is -3.58. The molecule has 0 radical (unpaired) electrons. The second-order valence-corrected chi connectivity index (χ2v) is 10.8. The van der Waals surface area contributed by atoms with Gasteiger partial charge in [0.15, 0.2) is 5.78 Å². The average molecular weight is 540 g/mol. The Morgan fingerprint density at radius 2 is 1.59 bits per heavy atom. The Kier molecular flexibility index (Phi) is 7.45. The van der Waals surface area contributed by atoms with Gasteiger partial charge in [0, 0.05) is 38.5 Å². The Bertz CT molecular complexity index is 1400. The quantitative estimate of drug-likeness (QED) is 0.219. The first-order valence-corrected chi connectivity index (χ1v) is 13.7. The number of nitriles is 1. The molecule has 0 aliphatic rings. The van der Waals surface area contributed by atoms with E-state index in [0.29, 0.717) is 5.56 Å². The predicted octanol–water partition coefficient (Wildman–Crippen LogP) is 7.83. The maximum absolute atomic E-state index is 14.0. The van der Waals surface area contributed by atoms with Crippen LogP contribution in [0.25, 0.3) is 21.8 Å². The first-order valence-electron chi connectivity index (χ1n) is 11.3. The van der Waals surface area contributed by atoms with Gasteiger partial charge < -0.3 is 18.9 Å². The summed E-state index contributed by atoms with van der Waals surface area (Å²) in [5.41, 5.74) is 4.34. The Labute approximate surface area is 208 Å². The molecule has 1 N–H and O–H groups in total. The summed E-state index contributed by atoms with van der Waals surface area (Å²) in [5.74, 6) is -0.725. The molecule has 6 nitrogen and oxygen atoms in total. The van der Waals surface area contributed by atoms with Crippen LogP contribution in [0.3, 0.4) is 0 Å². The van der Waals surface area contributed by atoms with Crippen molar-refractivity contribution in [3.63, 3.8) is 0 Å². The van der Waals surface area contributed by atoms with Crippen LogP contribution in [-0.4, -0.2) is 17.8 Å². The van der Waals surface area contributed by atoms with E-state index in [0.717, 1.165) is 44.1 Å². The fourth-order valence-electron chi connectivity index (χ4n) is 4.29. The summed E-state index contributed by atoms with van der Waals surface area (Å²) in [6, 6.07) is 21.6. The van der Waals surface area contributed by atoms with E-state index in [-0.39, 0.29) is 13.2 Å². The molecule has 4 aromatic rings. The standard InChI is InChI=1S/C26H27BrN3O3P/c1-4-30-24-13-9-19(15-22(24)23-16-20(27)10-14-25(23)30)26(34(31,32-5-2)33-6-3)29-21-11-7-18(17-28)8-12-21/h7-16,26,29H,4-6H2,1-3H3. The highest BCUT2D eigenvalue weighted by Gasteiger charge is 2.37. The largest absolute Gasteiger partial charge is 0.368 e. The number of halogens is 1. The van der Waals surface area contributed by atoms with Crippen LogP contribution in [0, 0.1) is 11.3 Å². The second-order valence-electron chi connectivity index (χ2n) is 7.79. The summed E-state index contributed by atoms with van der Waals surface area (Å²) in [6.45, 7) is 7.09. The van der Waals surface area contributed by atoms with Gasteiger partial charge >= 0.3 is 7.60 Å². The lowest BCUT2D eigenvalue weighted by Crippen LogP contribution is -2.15. The number of aryl methyl sites for hydroxylation is 1. The fourth-order valence-corrected chi connectivity index (χ4v) is 6.58. The molecule has 1 aromatic heterocycles. The third-order valence-electron chi connectivity index (χ3n) is 5.73. The number of aromatic nitrogens is 1. The molecule has 0 saturated carbocycles. The first kappa shape index (κ1) is 24.5. The van der Waals surface area contributed by atoms with E-state index in [1.54, 1.807) is 38.1 Å². The fraction of sp³-hybridized carbons (Fsp3) is 0.269. The number of rotatable bonds is 9. The summed E-state index contributed by atoms with van der Waals surface area (Å²) in [4.78, 5) is 0. The molecule has 1 atom stereocenters. The van der Waals surface area contributed by atoms with Crippen molar-refractivity contribution in [1.82, 2.24) is 4.57 Å². The maximum atomic E-state index is 14.0. The van der Waals surface area contributed by atoms with Crippen molar-refractivity contribution >= 4 is 51.0 Å². The molecule has 0 amide bonds. The highest BCUT2D eigenvalue weighted by atomic mass is 79.9. The van der Waals surface area contributed by atoms with Crippen molar-refractivity contribution in [1.29, 1.82) is 5.26 Å². The van der Waals surface area contributed by atoms with Gasteiger partial charge in [-0.15, -0.1) is 0 Å². The van der Waals surface area contributed by atoms with Gasteiger partial charge in [0.05, 0.1) is 24.8 Å². The Morgan fingerprint density at radius 1 is 0.971 bits per heavy atom. The van der Waals surface area contributed by atoms with Crippen LogP contribution in [0.4, 0.5) is 5.69 Å². The molecule has 1 heterocycles. The molecule has 1 unspecified atom stereocenters. The van der Waals surface area contributed by atoms with Crippen LogP contribution >= 0.6 is 23.5 Å². The summed E-state index contributed by atoms with van der Waals surface area (Å²) in [6.07, 6.45) is 0. The van der Waals surface area contributed by atoms with Gasteiger partial charge in [-0.25, -0.2) is 0 Å². The normalized spacial score (nSPS) is 12.7. The summed E-state index contributed by atoms with van der Waals surface area (Å²) < 4.78 is 28.8. The number of nitrogens with one attached hydrogen (secondary N) is 1. The van der Waals surface area contributed by atoms with E-state index in [1.165, 1.54) is 0 Å². The van der Waals surface area contributed by atoms with Crippen LogP contribution in [0.15, 0.2) is 65.1 Å². The van der Waals surface area contributed by atoms with E-state index in [1.807, 2.05) is 12.1 Å². The number of fused-ring (bicyclic) bond motifs is 3. The van der Waals surface area contributed by atoms with E-state index in [2.05, 4.69) is 63.1 Å².